The number of carbonyl (C=O) groups excluding carboxylic acids is 2. The second kappa shape index (κ2) is 10.7. The first kappa shape index (κ1) is 23.1. The zero-order valence-electron chi connectivity index (χ0n) is 18.3. The molecule has 10 heteroatoms. The van der Waals surface area contributed by atoms with Gasteiger partial charge in [0, 0.05) is 5.69 Å². The number of methoxy groups -OCH3 is 1. The van der Waals surface area contributed by atoms with Crippen LogP contribution < -0.4 is 20.3 Å². The Morgan fingerprint density at radius 1 is 1.00 bits per heavy atom. The maximum absolute atomic E-state index is 12.2. The molecule has 0 fully saturated rings. The molecule has 0 aliphatic heterocycles. The van der Waals surface area contributed by atoms with Crippen molar-refractivity contribution in [2.45, 2.75) is 25.9 Å². The Hall–Kier alpha value is -3.53. The fourth-order valence-corrected chi connectivity index (χ4v) is 3.61. The number of thioether (sulfide) groups is 1. The normalized spacial score (nSPS) is 10.5. The molecule has 0 saturated heterocycles. The van der Waals surface area contributed by atoms with Crippen LogP contribution in [0.5, 0.6) is 11.5 Å². The standard InChI is InChI=1S/C22H25N5O4S/c1-14-5-6-15(2)19(11-14)31-12-20(28)24-25-21(29)13-32-22-26-23-16(3)27(22)17-7-9-18(30-4)10-8-17/h5-11H,12-13H2,1-4H3,(H,24,28)(H,25,29). The molecule has 0 aliphatic carbocycles. The van der Waals surface area contributed by atoms with E-state index >= 15 is 0 Å². The number of rotatable bonds is 8. The summed E-state index contributed by atoms with van der Waals surface area (Å²) < 4.78 is 12.6. The molecule has 32 heavy (non-hydrogen) atoms. The molecule has 0 bridgehead atoms. The third kappa shape index (κ3) is 6.01. The molecule has 1 aromatic heterocycles. The molecule has 0 aliphatic rings. The Balaban J connectivity index is 1.49. The third-order valence-corrected chi connectivity index (χ3v) is 5.43. The second-order valence-electron chi connectivity index (χ2n) is 7.01. The molecule has 0 atom stereocenters. The molecule has 3 aromatic rings. The summed E-state index contributed by atoms with van der Waals surface area (Å²) in [7, 11) is 1.60. The second-order valence-corrected chi connectivity index (χ2v) is 7.95. The largest absolute Gasteiger partial charge is 0.497 e. The molecule has 2 amide bonds. The Morgan fingerprint density at radius 2 is 1.72 bits per heavy atom. The van der Waals surface area contributed by atoms with E-state index in [1.54, 1.807) is 7.11 Å². The van der Waals surface area contributed by atoms with Crippen LogP contribution in [0, 0.1) is 20.8 Å². The van der Waals surface area contributed by atoms with Crippen LogP contribution in [-0.4, -0.2) is 46.0 Å². The molecular formula is C22H25N5O4S. The van der Waals surface area contributed by atoms with Crippen molar-refractivity contribution < 1.29 is 19.1 Å². The minimum Gasteiger partial charge on any atom is -0.497 e. The molecule has 168 valence electrons. The van der Waals surface area contributed by atoms with Crippen molar-refractivity contribution in [3.8, 4) is 17.2 Å². The van der Waals surface area contributed by atoms with E-state index in [2.05, 4.69) is 21.0 Å². The number of benzene rings is 2. The summed E-state index contributed by atoms with van der Waals surface area (Å²) in [6, 6.07) is 13.2. The predicted molar refractivity (Wildman–Crippen MR) is 121 cm³/mol. The average molecular weight is 456 g/mol. The van der Waals surface area contributed by atoms with Gasteiger partial charge in [0.1, 0.15) is 17.3 Å². The van der Waals surface area contributed by atoms with Gasteiger partial charge in [-0.1, -0.05) is 23.9 Å². The van der Waals surface area contributed by atoms with Gasteiger partial charge in [-0.3, -0.25) is 25.0 Å². The fraction of sp³-hybridized carbons (Fsp3) is 0.273. The lowest BCUT2D eigenvalue weighted by molar-refractivity contribution is -0.128. The van der Waals surface area contributed by atoms with Gasteiger partial charge < -0.3 is 9.47 Å². The van der Waals surface area contributed by atoms with Crippen molar-refractivity contribution in [2.24, 2.45) is 0 Å². The fourth-order valence-electron chi connectivity index (χ4n) is 2.81. The number of carbonyl (C=O) groups is 2. The van der Waals surface area contributed by atoms with Gasteiger partial charge in [0.15, 0.2) is 11.8 Å². The summed E-state index contributed by atoms with van der Waals surface area (Å²) in [5, 5.41) is 8.80. The number of hydrogen-bond donors (Lipinski definition) is 2. The first-order valence-corrected chi connectivity index (χ1v) is 10.8. The molecular weight excluding hydrogens is 430 g/mol. The van der Waals surface area contributed by atoms with Crippen LogP contribution in [-0.2, 0) is 9.59 Å². The molecule has 1 heterocycles. The molecule has 2 N–H and O–H groups in total. The van der Waals surface area contributed by atoms with Gasteiger partial charge in [0.05, 0.1) is 12.9 Å². The van der Waals surface area contributed by atoms with E-state index in [0.717, 1.165) is 22.6 Å². The zero-order chi connectivity index (χ0) is 23.1. The monoisotopic (exact) mass is 455 g/mol. The first-order valence-electron chi connectivity index (χ1n) is 9.84. The van der Waals surface area contributed by atoms with E-state index in [1.807, 2.05) is 67.8 Å². The minimum atomic E-state index is -0.457. The molecule has 0 radical (unpaired) electrons. The van der Waals surface area contributed by atoms with Gasteiger partial charge >= 0.3 is 0 Å². The van der Waals surface area contributed by atoms with Crippen LogP contribution in [0.25, 0.3) is 5.69 Å². The van der Waals surface area contributed by atoms with Crippen molar-refractivity contribution >= 4 is 23.6 Å². The third-order valence-electron chi connectivity index (χ3n) is 4.50. The smallest absolute Gasteiger partial charge is 0.276 e. The van der Waals surface area contributed by atoms with Crippen LogP contribution in [0.3, 0.4) is 0 Å². The molecule has 0 saturated carbocycles. The Kier molecular flexibility index (Phi) is 7.72. The van der Waals surface area contributed by atoms with Crippen LogP contribution >= 0.6 is 11.8 Å². The quantitative estimate of drug-likeness (QED) is 0.397. The Labute approximate surface area is 190 Å². The summed E-state index contributed by atoms with van der Waals surface area (Å²) >= 11 is 1.21. The van der Waals surface area contributed by atoms with Gasteiger partial charge in [-0.2, -0.15) is 0 Å². The highest BCUT2D eigenvalue weighted by atomic mass is 32.2. The minimum absolute atomic E-state index is 0.0480. The maximum Gasteiger partial charge on any atom is 0.276 e. The first-order chi connectivity index (χ1) is 15.4. The van der Waals surface area contributed by atoms with Crippen molar-refractivity contribution in [2.75, 3.05) is 19.5 Å². The highest BCUT2D eigenvalue weighted by molar-refractivity contribution is 7.99. The van der Waals surface area contributed by atoms with E-state index in [0.29, 0.717) is 16.7 Å². The molecule has 2 aromatic carbocycles. The van der Waals surface area contributed by atoms with Crippen molar-refractivity contribution in [3.63, 3.8) is 0 Å². The number of amides is 2. The lowest BCUT2D eigenvalue weighted by atomic mass is 10.1. The number of hydrogen-bond acceptors (Lipinski definition) is 7. The van der Waals surface area contributed by atoms with Crippen molar-refractivity contribution in [3.05, 3.63) is 59.4 Å². The van der Waals surface area contributed by atoms with Crippen LogP contribution in [0.1, 0.15) is 17.0 Å². The van der Waals surface area contributed by atoms with E-state index in [1.165, 1.54) is 11.8 Å². The summed E-state index contributed by atoms with van der Waals surface area (Å²) in [6.45, 7) is 5.47. The van der Waals surface area contributed by atoms with Gasteiger partial charge in [0.25, 0.3) is 5.91 Å². The van der Waals surface area contributed by atoms with E-state index in [9.17, 15) is 9.59 Å². The van der Waals surface area contributed by atoms with Gasteiger partial charge in [-0.25, -0.2) is 0 Å². The van der Waals surface area contributed by atoms with Gasteiger partial charge in [0.2, 0.25) is 5.91 Å². The predicted octanol–water partition coefficient (Wildman–Crippen LogP) is 2.52. The van der Waals surface area contributed by atoms with Crippen LogP contribution in [0.2, 0.25) is 0 Å². The number of hydrazine groups is 1. The number of aryl methyl sites for hydroxylation is 3. The number of ether oxygens (including phenoxy) is 2. The highest BCUT2D eigenvalue weighted by Crippen LogP contribution is 2.23. The zero-order valence-corrected chi connectivity index (χ0v) is 19.2. The summed E-state index contributed by atoms with van der Waals surface area (Å²) in [5.41, 5.74) is 7.56. The molecule has 3 rings (SSSR count). The van der Waals surface area contributed by atoms with Gasteiger partial charge in [-0.15, -0.1) is 10.2 Å². The lowest BCUT2D eigenvalue weighted by Crippen LogP contribution is -2.44. The average Bonchev–Trinajstić information content (AvgIpc) is 3.17. The molecule has 0 unspecified atom stereocenters. The topological polar surface area (TPSA) is 107 Å². The number of nitrogens with one attached hydrogen (secondary N) is 2. The highest BCUT2D eigenvalue weighted by Gasteiger charge is 2.14. The number of nitrogens with zero attached hydrogens (tertiary/aromatic N) is 3. The van der Waals surface area contributed by atoms with Crippen molar-refractivity contribution in [1.29, 1.82) is 0 Å². The van der Waals surface area contributed by atoms with Gasteiger partial charge in [-0.05, 0) is 62.2 Å². The SMILES string of the molecule is COc1ccc(-n2c(C)nnc2SCC(=O)NNC(=O)COc2cc(C)ccc2C)cc1. The van der Waals surface area contributed by atoms with Crippen LogP contribution in [0.4, 0.5) is 0 Å². The molecule has 0 spiro atoms. The summed E-state index contributed by atoms with van der Waals surface area (Å²) in [4.78, 5) is 24.2. The van der Waals surface area contributed by atoms with E-state index in [-0.39, 0.29) is 18.3 Å². The lowest BCUT2D eigenvalue weighted by Gasteiger charge is -2.11. The van der Waals surface area contributed by atoms with Crippen molar-refractivity contribution in [1.82, 2.24) is 25.6 Å². The van der Waals surface area contributed by atoms with E-state index in [4.69, 9.17) is 9.47 Å². The summed E-state index contributed by atoms with van der Waals surface area (Å²) in [5.74, 6) is 1.28. The van der Waals surface area contributed by atoms with E-state index < -0.39 is 5.91 Å². The maximum atomic E-state index is 12.2. The van der Waals surface area contributed by atoms with Crippen LogP contribution in [0.15, 0.2) is 47.6 Å². The Morgan fingerprint density at radius 3 is 2.44 bits per heavy atom. The summed E-state index contributed by atoms with van der Waals surface area (Å²) in [6.07, 6.45) is 0. The Bertz CT molecular complexity index is 1100. The molecule has 9 nitrogen and oxygen atoms in total. The number of aromatic nitrogens is 3.